The molecule has 0 bridgehead atoms. The number of nitrogens with zero attached hydrogens (tertiary/aromatic N) is 1. The molecule has 0 saturated heterocycles. The minimum atomic E-state index is -0.119. The highest BCUT2D eigenvalue weighted by Gasteiger charge is 2.43. The smallest absolute Gasteiger partial charge is 0.0582 e. The highest BCUT2D eigenvalue weighted by molar-refractivity contribution is 6.15. The summed E-state index contributed by atoms with van der Waals surface area (Å²) in [7, 11) is 0. The van der Waals surface area contributed by atoms with Gasteiger partial charge in [-0.1, -0.05) is 149 Å². The quantitative estimate of drug-likeness (QED) is 0.189. The molecule has 47 heavy (non-hydrogen) atoms. The number of hydrogen-bond acceptors (Lipinski definition) is 0. The highest BCUT2D eigenvalue weighted by atomic mass is 15.0. The van der Waals surface area contributed by atoms with E-state index in [0.717, 1.165) is 6.42 Å². The predicted molar refractivity (Wildman–Crippen MR) is 197 cm³/mol. The largest absolute Gasteiger partial charge is 0.308 e. The van der Waals surface area contributed by atoms with Crippen molar-refractivity contribution < 1.29 is 0 Å². The van der Waals surface area contributed by atoms with Crippen LogP contribution in [-0.2, 0) is 10.8 Å². The maximum Gasteiger partial charge on any atom is 0.0582 e. The number of benzene rings is 6. The summed E-state index contributed by atoms with van der Waals surface area (Å²) in [6.45, 7) is 9.64. The second kappa shape index (κ2) is 9.23. The Bertz CT molecular complexity index is 2470. The minimum Gasteiger partial charge on any atom is -0.308 e. The predicted octanol–water partition coefficient (Wildman–Crippen LogP) is 11.7. The van der Waals surface area contributed by atoms with E-state index in [9.17, 15) is 0 Å². The van der Waals surface area contributed by atoms with E-state index < -0.39 is 0 Å². The van der Waals surface area contributed by atoms with Crippen LogP contribution < -0.4 is 0 Å². The van der Waals surface area contributed by atoms with E-state index in [0.29, 0.717) is 5.92 Å². The molecule has 226 valence electrons. The van der Waals surface area contributed by atoms with Crippen LogP contribution in [0.3, 0.4) is 0 Å². The Balaban J connectivity index is 1.12. The third-order valence-electron chi connectivity index (χ3n) is 11.8. The number of para-hydroxylation sites is 2. The molecule has 6 aromatic carbocycles. The Morgan fingerprint density at radius 2 is 1.19 bits per heavy atom. The lowest BCUT2D eigenvalue weighted by Crippen LogP contribution is -2.33. The molecule has 1 heteroatoms. The van der Waals surface area contributed by atoms with Crippen molar-refractivity contribution in [2.45, 2.75) is 50.9 Å². The van der Waals surface area contributed by atoms with E-state index in [1.807, 2.05) is 0 Å². The normalized spacial score (nSPS) is 18.0. The zero-order valence-electron chi connectivity index (χ0n) is 27.4. The first-order chi connectivity index (χ1) is 22.8. The van der Waals surface area contributed by atoms with Crippen LogP contribution in [0, 0.1) is 0 Å². The molecule has 1 aliphatic carbocycles. The summed E-state index contributed by atoms with van der Waals surface area (Å²) in [6.07, 6.45) is 3.45. The summed E-state index contributed by atoms with van der Waals surface area (Å²) in [6, 6.07) is 48.2. The standard InChI is InChI=1S/C46H37N/c1-45(2)38-17-10-16-36-37-26-31(27-41-43(37)47(42(36)38)44-39(45)18-11-19-40(44)46(41,3)4)28-20-22-30(23-21-28)33-25-24-32(29-12-6-5-7-13-29)34-14-8-9-15-35(33)34/h5-24,26-27,33H,25H2,1-4H3. The molecule has 1 atom stereocenters. The van der Waals surface area contributed by atoms with Gasteiger partial charge in [-0.3, -0.25) is 0 Å². The fourth-order valence-electron chi connectivity index (χ4n) is 9.28. The van der Waals surface area contributed by atoms with Crippen molar-refractivity contribution in [3.8, 4) is 16.8 Å². The first-order valence-electron chi connectivity index (χ1n) is 17.1. The average Bonchev–Trinajstić information content (AvgIpc) is 3.44. The number of allylic oxidation sites excluding steroid dienone is 1. The van der Waals surface area contributed by atoms with Crippen LogP contribution in [0.4, 0.5) is 0 Å². The third-order valence-corrected chi connectivity index (χ3v) is 11.8. The number of fused-ring (bicyclic) bond motifs is 2. The Labute approximate surface area is 276 Å². The summed E-state index contributed by atoms with van der Waals surface area (Å²) in [5.74, 6) is 0.349. The second-order valence-corrected chi connectivity index (χ2v) is 14.9. The van der Waals surface area contributed by atoms with Gasteiger partial charge >= 0.3 is 0 Å². The fourth-order valence-corrected chi connectivity index (χ4v) is 9.28. The van der Waals surface area contributed by atoms with Crippen LogP contribution >= 0.6 is 0 Å². The van der Waals surface area contributed by atoms with E-state index in [1.54, 1.807) is 0 Å². The van der Waals surface area contributed by atoms with Crippen LogP contribution in [0.1, 0.15) is 84.5 Å². The van der Waals surface area contributed by atoms with Crippen LogP contribution in [0.25, 0.3) is 44.2 Å². The van der Waals surface area contributed by atoms with E-state index in [4.69, 9.17) is 0 Å². The molecular formula is C46H37N. The molecule has 0 amide bonds. The number of aromatic nitrogens is 1. The molecule has 1 unspecified atom stereocenters. The number of hydrogen-bond donors (Lipinski definition) is 0. The fraction of sp³-hybridized carbons (Fsp3) is 0.174. The van der Waals surface area contributed by atoms with Crippen molar-refractivity contribution in [3.05, 3.63) is 178 Å². The molecule has 1 nitrogen and oxygen atoms in total. The van der Waals surface area contributed by atoms with Gasteiger partial charge in [-0.15, -0.1) is 0 Å². The van der Waals surface area contributed by atoms with Gasteiger partial charge in [0.05, 0.1) is 16.7 Å². The molecule has 7 aromatic rings. The van der Waals surface area contributed by atoms with Gasteiger partial charge in [0.1, 0.15) is 0 Å². The Hall–Kier alpha value is -5.14. The highest BCUT2D eigenvalue weighted by Crippen LogP contribution is 2.55. The average molecular weight is 604 g/mol. The van der Waals surface area contributed by atoms with Crippen LogP contribution in [0.15, 0.2) is 133 Å². The van der Waals surface area contributed by atoms with Gasteiger partial charge in [-0.05, 0) is 79.8 Å². The number of rotatable bonds is 3. The second-order valence-electron chi connectivity index (χ2n) is 14.9. The van der Waals surface area contributed by atoms with Crippen LogP contribution in [0.5, 0.6) is 0 Å². The van der Waals surface area contributed by atoms with Crippen molar-refractivity contribution in [3.63, 3.8) is 0 Å². The molecule has 0 N–H and O–H groups in total. The maximum absolute atomic E-state index is 2.61. The van der Waals surface area contributed by atoms with Gasteiger partial charge in [0.25, 0.3) is 0 Å². The van der Waals surface area contributed by atoms with E-state index in [2.05, 4.69) is 166 Å². The first kappa shape index (κ1) is 27.0. The lowest BCUT2D eigenvalue weighted by molar-refractivity contribution is 0.594. The maximum atomic E-state index is 2.61. The molecule has 3 heterocycles. The van der Waals surface area contributed by atoms with Crippen LogP contribution in [0.2, 0.25) is 0 Å². The molecule has 0 radical (unpaired) electrons. The Kier molecular flexibility index (Phi) is 5.31. The van der Waals surface area contributed by atoms with Crippen molar-refractivity contribution >= 4 is 27.4 Å². The van der Waals surface area contributed by atoms with Crippen molar-refractivity contribution in [1.82, 2.24) is 4.57 Å². The zero-order chi connectivity index (χ0) is 31.7. The van der Waals surface area contributed by atoms with E-state index in [-0.39, 0.29) is 10.8 Å². The van der Waals surface area contributed by atoms with E-state index in [1.165, 1.54) is 88.7 Å². The van der Waals surface area contributed by atoms with Gasteiger partial charge in [-0.25, -0.2) is 0 Å². The summed E-state index contributed by atoms with van der Waals surface area (Å²) in [5, 5.41) is 2.73. The van der Waals surface area contributed by atoms with Gasteiger partial charge in [0.15, 0.2) is 0 Å². The molecule has 3 aliphatic rings. The third kappa shape index (κ3) is 3.50. The topological polar surface area (TPSA) is 4.93 Å². The molecule has 0 spiro atoms. The summed E-state index contributed by atoms with van der Waals surface area (Å²) in [4.78, 5) is 0. The van der Waals surface area contributed by atoms with E-state index >= 15 is 0 Å². The van der Waals surface area contributed by atoms with Crippen molar-refractivity contribution in [2.24, 2.45) is 0 Å². The van der Waals surface area contributed by atoms with Crippen molar-refractivity contribution in [1.29, 1.82) is 0 Å². The first-order valence-corrected chi connectivity index (χ1v) is 17.1. The lowest BCUT2D eigenvalue weighted by Gasteiger charge is -2.42. The monoisotopic (exact) mass is 603 g/mol. The van der Waals surface area contributed by atoms with Crippen molar-refractivity contribution in [2.75, 3.05) is 0 Å². The zero-order valence-corrected chi connectivity index (χ0v) is 27.4. The minimum absolute atomic E-state index is 0.0593. The van der Waals surface area contributed by atoms with Gasteiger partial charge in [0, 0.05) is 27.5 Å². The molecule has 10 rings (SSSR count). The van der Waals surface area contributed by atoms with Gasteiger partial charge < -0.3 is 4.57 Å². The molecular weight excluding hydrogens is 567 g/mol. The molecule has 0 fully saturated rings. The van der Waals surface area contributed by atoms with Crippen LogP contribution in [-0.4, -0.2) is 4.57 Å². The van der Waals surface area contributed by atoms with Gasteiger partial charge in [-0.2, -0.15) is 0 Å². The molecule has 1 aromatic heterocycles. The Morgan fingerprint density at radius 3 is 1.98 bits per heavy atom. The Morgan fingerprint density at radius 1 is 0.532 bits per heavy atom. The summed E-state index contributed by atoms with van der Waals surface area (Å²) in [5.41, 5.74) is 19.1. The molecule has 2 aliphatic heterocycles. The SMILES string of the molecule is CC1(C)c2cccc3c2-n2c4c1cccc4c1cc(-c4ccc(C5CC=C(c6ccccc6)c6ccccc65)cc4)cc(c12)C3(C)C. The summed E-state index contributed by atoms with van der Waals surface area (Å²) < 4.78 is 2.61. The summed E-state index contributed by atoms with van der Waals surface area (Å²) >= 11 is 0. The lowest BCUT2D eigenvalue weighted by atomic mass is 9.68. The van der Waals surface area contributed by atoms with Gasteiger partial charge in [0.2, 0.25) is 0 Å². The molecule has 0 saturated carbocycles.